The van der Waals surface area contributed by atoms with Gasteiger partial charge in [-0.05, 0) is 25.7 Å². The molecule has 0 spiro atoms. The third-order valence-electron chi connectivity index (χ3n) is 2.99. The van der Waals surface area contributed by atoms with E-state index in [-0.39, 0.29) is 5.78 Å². The van der Waals surface area contributed by atoms with Crippen molar-refractivity contribution in [3.8, 4) is 0 Å². The van der Waals surface area contributed by atoms with Crippen LogP contribution in [0.15, 0.2) is 11.6 Å². The molecule has 1 aromatic rings. The van der Waals surface area contributed by atoms with Crippen molar-refractivity contribution in [1.29, 1.82) is 0 Å². The van der Waals surface area contributed by atoms with Gasteiger partial charge >= 0.3 is 0 Å². The molecule has 5 heteroatoms. The van der Waals surface area contributed by atoms with Crippen molar-refractivity contribution in [2.45, 2.75) is 37.8 Å². The molecule has 1 heterocycles. The van der Waals surface area contributed by atoms with Crippen LogP contribution in [0.25, 0.3) is 0 Å². The Morgan fingerprint density at radius 1 is 1.50 bits per heavy atom. The summed E-state index contributed by atoms with van der Waals surface area (Å²) < 4.78 is 0. The summed E-state index contributed by atoms with van der Waals surface area (Å²) in [5.41, 5.74) is 5.83. The molecule has 0 radical (unpaired) electrons. The molecule has 16 heavy (non-hydrogen) atoms. The van der Waals surface area contributed by atoms with E-state index in [0.717, 1.165) is 25.7 Å². The van der Waals surface area contributed by atoms with Crippen LogP contribution < -0.4 is 11.1 Å². The van der Waals surface area contributed by atoms with E-state index >= 15 is 0 Å². The first-order valence-corrected chi connectivity index (χ1v) is 6.55. The number of carbonyl (C=O) groups is 1. The number of hydrogen-bond acceptors (Lipinski definition) is 5. The Morgan fingerprint density at radius 3 is 2.88 bits per heavy atom. The van der Waals surface area contributed by atoms with Crippen LogP contribution in [-0.2, 0) is 0 Å². The van der Waals surface area contributed by atoms with Crippen LogP contribution in [0.1, 0.15) is 35.5 Å². The maximum absolute atomic E-state index is 11.7. The van der Waals surface area contributed by atoms with Crippen molar-refractivity contribution in [3.05, 3.63) is 16.6 Å². The Kier molecular flexibility index (Phi) is 4.04. The number of nitrogens with one attached hydrogen (secondary N) is 1. The number of Topliss-reactive ketones (excluding diaryl/α,β-unsaturated/α-hetero) is 1. The van der Waals surface area contributed by atoms with Crippen LogP contribution in [0.5, 0.6) is 0 Å². The highest BCUT2D eigenvalue weighted by Crippen LogP contribution is 2.16. The zero-order valence-electron chi connectivity index (χ0n) is 9.19. The molecule has 0 aliphatic heterocycles. The fourth-order valence-corrected chi connectivity index (χ4v) is 2.57. The van der Waals surface area contributed by atoms with Crippen molar-refractivity contribution in [2.75, 3.05) is 6.54 Å². The molecule has 1 aliphatic carbocycles. The van der Waals surface area contributed by atoms with Gasteiger partial charge in [0.25, 0.3) is 0 Å². The zero-order valence-corrected chi connectivity index (χ0v) is 10.0. The minimum atomic E-state index is 0.0878. The number of nitrogens with two attached hydrogens (primary N) is 1. The average Bonchev–Trinajstić information content (AvgIpc) is 2.81. The van der Waals surface area contributed by atoms with E-state index in [0.29, 0.717) is 23.6 Å². The third-order valence-corrected chi connectivity index (χ3v) is 3.81. The van der Waals surface area contributed by atoms with Gasteiger partial charge < -0.3 is 11.1 Å². The number of thiazole rings is 1. The SMILES string of the molecule is NC1CCC(NCC(=O)c2nccs2)CC1. The van der Waals surface area contributed by atoms with E-state index in [2.05, 4.69) is 10.3 Å². The lowest BCUT2D eigenvalue weighted by molar-refractivity contribution is 0.0984. The molecule has 0 aromatic carbocycles. The molecular formula is C11H17N3OS. The van der Waals surface area contributed by atoms with E-state index in [4.69, 9.17) is 5.73 Å². The summed E-state index contributed by atoms with van der Waals surface area (Å²) in [6, 6.07) is 0.802. The second kappa shape index (κ2) is 5.52. The molecule has 1 fully saturated rings. The van der Waals surface area contributed by atoms with Gasteiger partial charge in [0.1, 0.15) is 0 Å². The number of aromatic nitrogens is 1. The fraction of sp³-hybridized carbons (Fsp3) is 0.636. The van der Waals surface area contributed by atoms with Crippen LogP contribution in [-0.4, -0.2) is 29.4 Å². The Hall–Kier alpha value is -0.780. The lowest BCUT2D eigenvalue weighted by Crippen LogP contribution is -2.39. The average molecular weight is 239 g/mol. The summed E-state index contributed by atoms with van der Waals surface area (Å²) in [6.07, 6.45) is 5.93. The van der Waals surface area contributed by atoms with Gasteiger partial charge in [0, 0.05) is 23.7 Å². The molecule has 3 N–H and O–H groups in total. The summed E-state index contributed by atoms with van der Waals surface area (Å²) in [4.78, 5) is 15.7. The summed E-state index contributed by atoms with van der Waals surface area (Å²) in [5, 5.41) is 5.72. The second-order valence-electron chi connectivity index (χ2n) is 4.25. The van der Waals surface area contributed by atoms with E-state index in [1.165, 1.54) is 11.3 Å². The molecule has 0 unspecified atom stereocenters. The summed E-state index contributed by atoms with van der Waals surface area (Å²) in [6.45, 7) is 0.396. The maximum atomic E-state index is 11.7. The number of nitrogens with zero attached hydrogens (tertiary/aromatic N) is 1. The lowest BCUT2D eigenvalue weighted by Gasteiger charge is -2.26. The topological polar surface area (TPSA) is 68.0 Å². The molecule has 0 amide bonds. The first kappa shape index (κ1) is 11.7. The highest BCUT2D eigenvalue weighted by molar-refractivity contribution is 7.11. The largest absolute Gasteiger partial charge is 0.328 e. The lowest BCUT2D eigenvalue weighted by atomic mass is 9.92. The smallest absolute Gasteiger partial charge is 0.205 e. The Labute approximate surface area is 99.3 Å². The standard InChI is InChI=1S/C11H17N3OS/c12-8-1-3-9(4-2-8)14-7-10(15)11-13-5-6-16-11/h5-6,8-9,14H,1-4,7,12H2. The first-order valence-electron chi connectivity index (χ1n) is 5.67. The highest BCUT2D eigenvalue weighted by Gasteiger charge is 2.19. The van der Waals surface area contributed by atoms with Crippen LogP contribution in [0, 0.1) is 0 Å². The molecule has 0 saturated heterocycles. The minimum Gasteiger partial charge on any atom is -0.328 e. The third kappa shape index (κ3) is 3.10. The molecule has 88 valence electrons. The molecule has 1 saturated carbocycles. The summed E-state index contributed by atoms with van der Waals surface area (Å²) >= 11 is 1.40. The molecule has 1 aliphatic rings. The van der Waals surface area contributed by atoms with Crippen LogP contribution >= 0.6 is 11.3 Å². The van der Waals surface area contributed by atoms with Crippen molar-refractivity contribution in [1.82, 2.24) is 10.3 Å². The van der Waals surface area contributed by atoms with Crippen LogP contribution in [0.3, 0.4) is 0 Å². The van der Waals surface area contributed by atoms with Gasteiger partial charge in [-0.15, -0.1) is 11.3 Å². The fourth-order valence-electron chi connectivity index (χ4n) is 2.00. The van der Waals surface area contributed by atoms with E-state index in [1.54, 1.807) is 6.20 Å². The number of ketones is 1. The van der Waals surface area contributed by atoms with Crippen molar-refractivity contribution >= 4 is 17.1 Å². The molecule has 0 bridgehead atoms. The van der Waals surface area contributed by atoms with E-state index < -0.39 is 0 Å². The minimum absolute atomic E-state index is 0.0878. The van der Waals surface area contributed by atoms with Gasteiger partial charge in [0.05, 0.1) is 6.54 Å². The Bertz CT molecular complexity index is 331. The first-order chi connectivity index (χ1) is 7.75. The molecule has 0 atom stereocenters. The number of carbonyl (C=O) groups excluding carboxylic acids is 1. The molecular weight excluding hydrogens is 222 g/mol. The predicted octanol–water partition coefficient (Wildman–Crippen LogP) is 1.19. The molecule has 4 nitrogen and oxygen atoms in total. The maximum Gasteiger partial charge on any atom is 0.205 e. The molecule has 1 aromatic heterocycles. The van der Waals surface area contributed by atoms with Gasteiger partial charge in [-0.3, -0.25) is 4.79 Å². The van der Waals surface area contributed by atoms with Crippen molar-refractivity contribution in [2.24, 2.45) is 5.73 Å². The summed E-state index contributed by atoms with van der Waals surface area (Å²) in [5.74, 6) is 0.0878. The van der Waals surface area contributed by atoms with Gasteiger partial charge in [-0.25, -0.2) is 4.98 Å². The number of rotatable bonds is 4. The van der Waals surface area contributed by atoms with Crippen LogP contribution in [0.4, 0.5) is 0 Å². The van der Waals surface area contributed by atoms with E-state index in [9.17, 15) is 4.79 Å². The van der Waals surface area contributed by atoms with Gasteiger partial charge in [-0.2, -0.15) is 0 Å². The number of hydrogen-bond donors (Lipinski definition) is 2. The second-order valence-corrected chi connectivity index (χ2v) is 5.15. The molecule has 2 rings (SSSR count). The zero-order chi connectivity index (χ0) is 11.4. The van der Waals surface area contributed by atoms with Gasteiger partial charge in [-0.1, -0.05) is 0 Å². The van der Waals surface area contributed by atoms with Crippen molar-refractivity contribution < 1.29 is 4.79 Å². The Balaban J connectivity index is 1.73. The van der Waals surface area contributed by atoms with Gasteiger partial charge in [0.2, 0.25) is 5.78 Å². The Morgan fingerprint density at radius 2 is 2.25 bits per heavy atom. The van der Waals surface area contributed by atoms with Crippen molar-refractivity contribution in [3.63, 3.8) is 0 Å². The summed E-state index contributed by atoms with van der Waals surface area (Å²) in [7, 11) is 0. The quantitative estimate of drug-likeness (QED) is 0.774. The highest BCUT2D eigenvalue weighted by atomic mass is 32.1. The van der Waals surface area contributed by atoms with E-state index in [1.807, 2.05) is 5.38 Å². The normalized spacial score (nSPS) is 25.6. The predicted molar refractivity (Wildman–Crippen MR) is 64.7 cm³/mol. The monoisotopic (exact) mass is 239 g/mol. The van der Waals surface area contributed by atoms with Gasteiger partial charge in [0.15, 0.2) is 5.01 Å². The van der Waals surface area contributed by atoms with Crippen LogP contribution in [0.2, 0.25) is 0 Å².